The van der Waals surface area contributed by atoms with Crippen LogP contribution in [-0.2, 0) is 12.3 Å². The van der Waals surface area contributed by atoms with Gasteiger partial charge in [-0.05, 0) is 43.2 Å². The molecule has 5 nitrogen and oxygen atoms in total. The summed E-state index contributed by atoms with van der Waals surface area (Å²) in [6.45, 7) is 4.56. The summed E-state index contributed by atoms with van der Waals surface area (Å²) in [7, 11) is 0. The minimum Gasteiger partial charge on any atom is -0.291 e. The predicted molar refractivity (Wildman–Crippen MR) is 132 cm³/mol. The zero-order valence-corrected chi connectivity index (χ0v) is 19.5. The number of thioether (sulfide) groups is 1. The van der Waals surface area contributed by atoms with Crippen molar-refractivity contribution in [2.45, 2.75) is 31.3 Å². The van der Waals surface area contributed by atoms with E-state index in [2.05, 4.69) is 65.0 Å². The Kier molecular flexibility index (Phi) is 5.68. The van der Waals surface area contributed by atoms with E-state index in [1.165, 1.54) is 22.5 Å². The van der Waals surface area contributed by atoms with E-state index in [1.54, 1.807) is 16.3 Å². The highest BCUT2D eigenvalue weighted by molar-refractivity contribution is 7.98. The van der Waals surface area contributed by atoms with Crippen molar-refractivity contribution in [1.29, 1.82) is 0 Å². The van der Waals surface area contributed by atoms with Crippen LogP contribution < -0.4 is 4.87 Å². The predicted octanol–water partition coefficient (Wildman–Crippen LogP) is 5.60. The van der Waals surface area contributed by atoms with E-state index < -0.39 is 0 Å². The van der Waals surface area contributed by atoms with Crippen molar-refractivity contribution in [2.24, 2.45) is 0 Å². The van der Waals surface area contributed by atoms with Crippen molar-refractivity contribution in [3.8, 4) is 5.69 Å². The molecule has 5 aromatic rings. The Bertz CT molecular complexity index is 1460. The molecule has 160 valence electrons. The number of rotatable bonds is 6. The average Bonchev–Trinajstić information content (AvgIpc) is 3.33. The Hall–Kier alpha value is -3.16. The van der Waals surface area contributed by atoms with Crippen molar-refractivity contribution in [3.63, 3.8) is 0 Å². The van der Waals surface area contributed by atoms with Crippen molar-refractivity contribution in [2.75, 3.05) is 0 Å². The highest BCUT2D eigenvalue weighted by atomic mass is 32.2. The van der Waals surface area contributed by atoms with Crippen LogP contribution in [0.4, 0.5) is 0 Å². The lowest BCUT2D eigenvalue weighted by atomic mass is 10.2. The SMILES string of the molecule is Cc1cccc(CSc2nnc(Cn3c(=O)sc4ccccc43)n2-c2ccccc2C)c1. The van der Waals surface area contributed by atoms with Crippen molar-refractivity contribution < 1.29 is 0 Å². The van der Waals surface area contributed by atoms with Crippen molar-refractivity contribution in [3.05, 3.63) is 105 Å². The zero-order valence-electron chi connectivity index (χ0n) is 17.9. The van der Waals surface area contributed by atoms with Gasteiger partial charge in [-0.1, -0.05) is 83.3 Å². The van der Waals surface area contributed by atoms with Gasteiger partial charge in [0.1, 0.15) is 0 Å². The molecule has 0 unspecified atom stereocenters. The number of benzene rings is 3. The normalized spacial score (nSPS) is 11.3. The van der Waals surface area contributed by atoms with E-state index in [1.807, 2.05) is 36.4 Å². The van der Waals surface area contributed by atoms with Gasteiger partial charge in [0.05, 0.1) is 22.4 Å². The Morgan fingerprint density at radius 2 is 1.75 bits per heavy atom. The summed E-state index contributed by atoms with van der Waals surface area (Å²) in [5, 5.41) is 9.87. The van der Waals surface area contributed by atoms with Gasteiger partial charge in [-0.15, -0.1) is 10.2 Å². The molecule has 0 saturated carbocycles. The number of aromatic nitrogens is 4. The molecule has 7 heteroatoms. The largest absolute Gasteiger partial charge is 0.308 e. The van der Waals surface area contributed by atoms with Crippen LogP contribution in [0.15, 0.2) is 82.7 Å². The van der Waals surface area contributed by atoms with Gasteiger partial charge in [-0.3, -0.25) is 13.9 Å². The minimum atomic E-state index is 0.0134. The van der Waals surface area contributed by atoms with Crippen molar-refractivity contribution >= 4 is 33.3 Å². The zero-order chi connectivity index (χ0) is 22.1. The smallest absolute Gasteiger partial charge is 0.291 e. The minimum absolute atomic E-state index is 0.0134. The van der Waals surface area contributed by atoms with Gasteiger partial charge in [0.15, 0.2) is 11.0 Å². The molecule has 0 aliphatic heterocycles. The summed E-state index contributed by atoms with van der Waals surface area (Å²) in [6, 6.07) is 24.6. The van der Waals surface area contributed by atoms with Crippen LogP contribution in [0, 0.1) is 13.8 Å². The highest BCUT2D eigenvalue weighted by Gasteiger charge is 2.18. The van der Waals surface area contributed by atoms with Gasteiger partial charge in [0, 0.05) is 5.75 Å². The highest BCUT2D eigenvalue weighted by Crippen LogP contribution is 2.28. The lowest BCUT2D eigenvalue weighted by molar-refractivity contribution is 0.724. The van der Waals surface area contributed by atoms with Gasteiger partial charge in [0.2, 0.25) is 0 Å². The summed E-state index contributed by atoms with van der Waals surface area (Å²) in [4.78, 5) is 12.7. The number of thiazole rings is 1. The Balaban J connectivity index is 1.56. The van der Waals surface area contributed by atoms with Crippen LogP contribution in [0.1, 0.15) is 22.5 Å². The second-order valence-corrected chi connectivity index (χ2v) is 9.66. The van der Waals surface area contributed by atoms with E-state index >= 15 is 0 Å². The molecule has 2 heterocycles. The van der Waals surface area contributed by atoms with E-state index in [4.69, 9.17) is 0 Å². The second kappa shape index (κ2) is 8.76. The molecule has 0 amide bonds. The average molecular weight is 459 g/mol. The summed E-state index contributed by atoms with van der Waals surface area (Å²) in [5.74, 6) is 1.55. The van der Waals surface area contributed by atoms with Crippen LogP contribution >= 0.6 is 23.1 Å². The molecule has 0 spiro atoms. The molecule has 2 aromatic heterocycles. The molecule has 0 saturated heterocycles. The van der Waals surface area contributed by atoms with Crippen LogP contribution in [0.25, 0.3) is 15.9 Å². The Morgan fingerprint density at radius 3 is 2.59 bits per heavy atom. The van der Waals surface area contributed by atoms with Crippen LogP contribution in [0.2, 0.25) is 0 Å². The fourth-order valence-electron chi connectivity index (χ4n) is 3.81. The molecule has 0 bridgehead atoms. The lowest BCUT2D eigenvalue weighted by Crippen LogP contribution is -2.17. The molecule has 32 heavy (non-hydrogen) atoms. The Morgan fingerprint density at radius 1 is 0.938 bits per heavy atom. The van der Waals surface area contributed by atoms with E-state index in [0.29, 0.717) is 6.54 Å². The number of fused-ring (bicyclic) bond motifs is 1. The maximum atomic E-state index is 12.7. The molecular weight excluding hydrogens is 436 g/mol. The summed E-state index contributed by atoms with van der Waals surface area (Å²) in [6.07, 6.45) is 0. The topological polar surface area (TPSA) is 52.7 Å². The lowest BCUT2D eigenvalue weighted by Gasteiger charge is -2.13. The fourth-order valence-corrected chi connectivity index (χ4v) is 5.60. The third-order valence-corrected chi connectivity index (χ3v) is 7.34. The molecule has 0 N–H and O–H groups in total. The van der Waals surface area contributed by atoms with E-state index in [-0.39, 0.29) is 4.87 Å². The van der Waals surface area contributed by atoms with Gasteiger partial charge >= 0.3 is 4.87 Å². The first-order valence-electron chi connectivity index (χ1n) is 10.4. The fraction of sp³-hybridized carbons (Fsp3) is 0.160. The quantitative estimate of drug-likeness (QED) is 0.311. The first-order valence-corrected chi connectivity index (χ1v) is 12.2. The number of aryl methyl sites for hydroxylation is 2. The third-order valence-electron chi connectivity index (χ3n) is 5.38. The molecule has 0 atom stereocenters. The van der Waals surface area contributed by atoms with Gasteiger partial charge in [-0.2, -0.15) is 0 Å². The molecule has 0 aliphatic rings. The van der Waals surface area contributed by atoms with Crippen LogP contribution in [-0.4, -0.2) is 19.3 Å². The standard InChI is InChI=1S/C25H22N4OS2/c1-17-8-7-10-19(14-17)16-31-24-27-26-23(29(24)20-11-4-3-9-18(20)2)15-28-21-12-5-6-13-22(21)32-25(28)30/h3-14H,15-16H2,1-2H3. The number of hydrogen-bond acceptors (Lipinski definition) is 5. The van der Waals surface area contributed by atoms with Gasteiger partial charge < -0.3 is 0 Å². The molecule has 0 aliphatic carbocycles. The first-order chi connectivity index (χ1) is 15.6. The number of para-hydroxylation sites is 2. The molecule has 3 aromatic carbocycles. The molecule has 5 rings (SSSR count). The summed E-state index contributed by atoms with van der Waals surface area (Å²) < 4.78 is 4.86. The summed E-state index contributed by atoms with van der Waals surface area (Å²) in [5.41, 5.74) is 5.58. The first kappa shape index (κ1) is 20.7. The van der Waals surface area contributed by atoms with Crippen molar-refractivity contribution in [1.82, 2.24) is 19.3 Å². The summed E-state index contributed by atoms with van der Waals surface area (Å²) >= 11 is 2.92. The van der Waals surface area contributed by atoms with Crippen LogP contribution in [0.5, 0.6) is 0 Å². The van der Waals surface area contributed by atoms with E-state index in [0.717, 1.165) is 38.2 Å². The maximum Gasteiger partial charge on any atom is 0.308 e. The monoisotopic (exact) mass is 458 g/mol. The van der Waals surface area contributed by atoms with Gasteiger partial charge in [0.25, 0.3) is 0 Å². The molecular formula is C25H22N4OS2. The van der Waals surface area contributed by atoms with E-state index in [9.17, 15) is 4.79 Å². The second-order valence-electron chi connectivity index (χ2n) is 7.72. The Labute approximate surface area is 194 Å². The molecule has 0 radical (unpaired) electrons. The molecule has 0 fully saturated rings. The maximum absolute atomic E-state index is 12.7. The number of hydrogen-bond donors (Lipinski definition) is 0. The number of nitrogens with zero attached hydrogens (tertiary/aromatic N) is 4. The van der Waals surface area contributed by atoms with Gasteiger partial charge in [-0.25, -0.2) is 0 Å². The van der Waals surface area contributed by atoms with Crippen LogP contribution in [0.3, 0.4) is 0 Å². The third kappa shape index (κ3) is 4.01.